The minimum Gasteiger partial charge on any atom is -0.388 e. The van der Waals surface area contributed by atoms with E-state index in [0.29, 0.717) is 12.8 Å². The molecule has 100 valence electrons. The molecule has 0 aliphatic rings. The minimum atomic E-state index is -0.949. The van der Waals surface area contributed by atoms with Gasteiger partial charge >= 0.3 is 0 Å². The van der Waals surface area contributed by atoms with E-state index in [1.54, 1.807) is 13.8 Å². The zero-order valence-electron chi connectivity index (χ0n) is 11.7. The van der Waals surface area contributed by atoms with Gasteiger partial charge in [0.1, 0.15) is 0 Å². The Morgan fingerprint density at radius 1 is 1.17 bits per heavy atom. The summed E-state index contributed by atoms with van der Waals surface area (Å²) in [5.41, 5.74) is -0.440. The van der Waals surface area contributed by atoms with Gasteiger partial charge in [-0.15, -0.1) is 0 Å². The van der Waals surface area contributed by atoms with Gasteiger partial charge in [0.25, 0.3) is 0 Å². The van der Waals surface area contributed by atoms with Gasteiger partial charge in [0.05, 0.1) is 11.1 Å². The molecular weight excluding hydrogens is 226 g/mol. The van der Waals surface area contributed by atoms with E-state index in [9.17, 15) is 9.90 Å². The average molecular weight is 249 g/mol. The van der Waals surface area contributed by atoms with Crippen LogP contribution < -0.4 is 5.32 Å². The first-order valence-corrected chi connectivity index (χ1v) is 6.30. The first-order valence-electron chi connectivity index (χ1n) is 6.30. The molecule has 1 aromatic carbocycles. The summed E-state index contributed by atoms with van der Waals surface area (Å²) in [5, 5.41) is 12.8. The van der Waals surface area contributed by atoms with Gasteiger partial charge in [0.2, 0.25) is 5.91 Å². The third-order valence-corrected chi connectivity index (χ3v) is 3.46. The molecule has 0 unspecified atom stereocenters. The predicted octanol–water partition coefficient (Wildman–Crippen LogP) is 2.28. The molecule has 0 fully saturated rings. The number of aliphatic hydroxyl groups is 1. The number of carbonyl (C=O) groups is 1. The molecule has 0 saturated carbocycles. The lowest BCUT2D eigenvalue weighted by Crippen LogP contribution is -2.57. The van der Waals surface area contributed by atoms with Crippen LogP contribution in [-0.2, 0) is 11.2 Å². The Morgan fingerprint density at radius 2 is 1.72 bits per heavy atom. The van der Waals surface area contributed by atoms with Crippen LogP contribution in [-0.4, -0.2) is 22.2 Å². The number of aryl methyl sites for hydroxylation is 1. The van der Waals surface area contributed by atoms with Crippen LogP contribution in [0, 0.1) is 0 Å². The van der Waals surface area contributed by atoms with E-state index in [1.165, 1.54) is 0 Å². The molecule has 0 aliphatic carbocycles. The van der Waals surface area contributed by atoms with Gasteiger partial charge in [-0.2, -0.15) is 0 Å². The van der Waals surface area contributed by atoms with Crippen molar-refractivity contribution in [3.8, 4) is 0 Å². The van der Waals surface area contributed by atoms with Gasteiger partial charge in [-0.05, 0) is 39.7 Å². The lowest BCUT2D eigenvalue weighted by Gasteiger charge is -2.38. The number of carbonyl (C=O) groups excluding carboxylic acids is 1. The number of hydrogen-bond acceptors (Lipinski definition) is 2. The Balaban J connectivity index is 2.48. The van der Waals surface area contributed by atoms with E-state index < -0.39 is 11.1 Å². The van der Waals surface area contributed by atoms with Crippen LogP contribution in [0.5, 0.6) is 0 Å². The predicted molar refractivity (Wildman–Crippen MR) is 73.3 cm³/mol. The average Bonchev–Trinajstić information content (AvgIpc) is 2.26. The van der Waals surface area contributed by atoms with Crippen LogP contribution in [0.4, 0.5) is 0 Å². The largest absolute Gasteiger partial charge is 0.388 e. The maximum atomic E-state index is 11.9. The van der Waals surface area contributed by atoms with Crippen molar-refractivity contribution >= 4 is 5.91 Å². The second-order valence-electron chi connectivity index (χ2n) is 5.72. The lowest BCUT2D eigenvalue weighted by molar-refractivity contribution is -0.126. The van der Waals surface area contributed by atoms with Crippen molar-refractivity contribution in [2.75, 3.05) is 0 Å². The highest BCUT2D eigenvalue weighted by molar-refractivity contribution is 5.77. The van der Waals surface area contributed by atoms with Gasteiger partial charge < -0.3 is 10.4 Å². The van der Waals surface area contributed by atoms with Crippen LogP contribution in [0.2, 0.25) is 0 Å². The minimum absolute atomic E-state index is 0.0361. The molecule has 1 aromatic rings. The summed E-state index contributed by atoms with van der Waals surface area (Å²) in [7, 11) is 0. The number of hydrogen-bond donors (Lipinski definition) is 2. The summed E-state index contributed by atoms with van der Waals surface area (Å²) >= 11 is 0. The summed E-state index contributed by atoms with van der Waals surface area (Å²) in [6.45, 7) is 7.05. The van der Waals surface area contributed by atoms with Crippen LogP contribution in [0.25, 0.3) is 0 Å². The molecule has 18 heavy (non-hydrogen) atoms. The number of amides is 1. The second-order valence-corrected chi connectivity index (χ2v) is 5.72. The summed E-state index contributed by atoms with van der Waals surface area (Å²) in [4.78, 5) is 11.9. The first kappa shape index (κ1) is 14.7. The highest BCUT2D eigenvalue weighted by Gasteiger charge is 2.35. The van der Waals surface area contributed by atoms with Crippen molar-refractivity contribution in [2.45, 2.75) is 51.7 Å². The topological polar surface area (TPSA) is 49.3 Å². The second kappa shape index (κ2) is 5.53. The van der Waals surface area contributed by atoms with Gasteiger partial charge in [0, 0.05) is 6.42 Å². The van der Waals surface area contributed by atoms with E-state index in [0.717, 1.165) is 5.56 Å². The smallest absolute Gasteiger partial charge is 0.220 e. The number of rotatable bonds is 5. The molecule has 0 aliphatic heterocycles. The quantitative estimate of drug-likeness (QED) is 0.841. The highest BCUT2D eigenvalue weighted by Crippen LogP contribution is 2.20. The molecule has 0 spiro atoms. The Kier molecular flexibility index (Phi) is 4.52. The zero-order chi connectivity index (χ0) is 13.8. The molecule has 0 heterocycles. The van der Waals surface area contributed by atoms with E-state index >= 15 is 0 Å². The Labute approximate surface area is 109 Å². The third kappa shape index (κ3) is 4.15. The van der Waals surface area contributed by atoms with E-state index in [4.69, 9.17) is 0 Å². The Morgan fingerprint density at radius 3 is 2.22 bits per heavy atom. The van der Waals surface area contributed by atoms with Crippen molar-refractivity contribution in [1.82, 2.24) is 5.32 Å². The van der Waals surface area contributed by atoms with Crippen LogP contribution in [0.15, 0.2) is 30.3 Å². The molecule has 1 rings (SSSR count). The van der Waals surface area contributed by atoms with Gasteiger partial charge in [-0.1, -0.05) is 30.3 Å². The third-order valence-electron chi connectivity index (χ3n) is 3.46. The highest BCUT2D eigenvalue weighted by atomic mass is 16.3. The van der Waals surface area contributed by atoms with Crippen molar-refractivity contribution in [2.24, 2.45) is 0 Å². The summed E-state index contributed by atoms with van der Waals surface area (Å²) in [6.07, 6.45) is 1.15. The Bertz CT molecular complexity index is 391. The van der Waals surface area contributed by atoms with E-state index in [-0.39, 0.29) is 5.91 Å². The first-order chi connectivity index (χ1) is 8.22. The lowest BCUT2D eigenvalue weighted by atomic mass is 9.86. The fourth-order valence-corrected chi connectivity index (χ4v) is 1.47. The molecule has 0 radical (unpaired) electrons. The number of nitrogens with one attached hydrogen (secondary N) is 1. The fourth-order valence-electron chi connectivity index (χ4n) is 1.47. The molecule has 2 N–H and O–H groups in total. The van der Waals surface area contributed by atoms with Crippen molar-refractivity contribution < 1.29 is 9.90 Å². The summed E-state index contributed by atoms with van der Waals surface area (Å²) < 4.78 is 0. The monoisotopic (exact) mass is 249 g/mol. The maximum absolute atomic E-state index is 11.9. The zero-order valence-corrected chi connectivity index (χ0v) is 11.7. The molecule has 1 amide bonds. The summed E-state index contributed by atoms with van der Waals surface area (Å²) in [5.74, 6) is -0.0361. The van der Waals surface area contributed by atoms with Gasteiger partial charge in [-0.3, -0.25) is 4.79 Å². The van der Waals surface area contributed by atoms with Gasteiger partial charge in [0.15, 0.2) is 0 Å². The van der Waals surface area contributed by atoms with E-state index in [2.05, 4.69) is 5.32 Å². The molecule has 0 bridgehead atoms. The van der Waals surface area contributed by atoms with Gasteiger partial charge in [-0.25, -0.2) is 0 Å². The summed E-state index contributed by atoms with van der Waals surface area (Å²) in [6, 6.07) is 9.91. The molecule has 3 heteroatoms. The molecule has 0 aromatic heterocycles. The molecule has 0 saturated heterocycles. The number of benzene rings is 1. The van der Waals surface area contributed by atoms with E-state index in [1.807, 2.05) is 44.2 Å². The van der Waals surface area contributed by atoms with Crippen molar-refractivity contribution in [1.29, 1.82) is 0 Å². The maximum Gasteiger partial charge on any atom is 0.220 e. The fraction of sp³-hybridized carbons (Fsp3) is 0.533. The SMILES string of the molecule is CC(C)(O)C(C)(C)NC(=O)CCc1ccccc1. The van der Waals surface area contributed by atoms with Crippen molar-refractivity contribution in [3.63, 3.8) is 0 Å². The van der Waals surface area contributed by atoms with Crippen molar-refractivity contribution in [3.05, 3.63) is 35.9 Å². The molecular formula is C15H23NO2. The Hall–Kier alpha value is -1.35. The standard InChI is InChI=1S/C15H23NO2/c1-14(2,15(3,4)18)16-13(17)11-10-12-8-6-5-7-9-12/h5-9,18H,10-11H2,1-4H3,(H,16,17). The molecule has 0 atom stereocenters. The normalized spacial score (nSPS) is 12.3. The van der Waals surface area contributed by atoms with Crippen LogP contribution >= 0.6 is 0 Å². The van der Waals surface area contributed by atoms with Crippen LogP contribution in [0.1, 0.15) is 39.7 Å². The molecule has 3 nitrogen and oxygen atoms in total. The van der Waals surface area contributed by atoms with Crippen LogP contribution in [0.3, 0.4) is 0 Å².